The van der Waals surface area contributed by atoms with E-state index in [4.69, 9.17) is 0 Å². The van der Waals surface area contributed by atoms with Gasteiger partial charge in [0.1, 0.15) is 5.82 Å². The second-order valence-electron chi connectivity index (χ2n) is 4.82. The Bertz CT molecular complexity index is 363. The molecule has 1 aromatic carbocycles. The maximum atomic E-state index is 13.0. The molecule has 1 rings (SSSR count). The number of aliphatic hydroxyl groups is 1. The molecule has 0 fully saturated rings. The Morgan fingerprint density at radius 3 is 2.56 bits per heavy atom. The van der Waals surface area contributed by atoms with Gasteiger partial charge in [0.05, 0.1) is 10.6 Å². The Kier molecular flexibility index (Phi) is 4.47. The molecule has 0 aliphatic heterocycles. The minimum absolute atomic E-state index is 0.0434. The Labute approximate surface area is 104 Å². The van der Waals surface area contributed by atoms with Gasteiger partial charge in [0, 0.05) is 12.1 Å². The molecule has 0 bridgehead atoms. The maximum Gasteiger partial charge on any atom is 0.137 e. The first kappa shape index (κ1) is 13.6. The van der Waals surface area contributed by atoms with Crippen molar-refractivity contribution in [2.45, 2.75) is 32.4 Å². The van der Waals surface area contributed by atoms with E-state index >= 15 is 0 Å². The molecule has 1 aromatic rings. The van der Waals surface area contributed by atoms with Crippen LogP contribution in [-0.4, -0.2) is 17.2 Å². The molecule has 4 heteroatoms. The largest absolute Gasteiger partial charge is 0.387 e. The van der Waals surface area contributed by atoms with Crippen LogP contribution in [0.3, 0.4) is 0 Å². The molecule has 0 amide bonds. The van der Waals surface area contributed by atoms with E-state index in [9.17, 15) is 9.50 Å². The molecule has 0 radical (unpaired) electrons. The summed E-state index contributed by atoms with van der Waals surface area (Å²) in [6.45, 7) is 6.53. The monoisotopic (exact) mass is 289 g/mol. The van der Waals surface area contributed by atoms with Gasteiger partial charge in [0.25, 0.3) is 0 Å². The average molecular weight is 290 g/mol. The van der Waals surface area contributed by atoms with Gasteiger partial charge < -0.3 is 10.4 Å². The highest BCUT2D eigenvalue weighted by atomic mass is 79.9. The predicted octanol–water partition coefficient (Wildman–Crippen LogP) is 3.01. The number of hydrogen-bond donors (Lipinski definition) is 2. The zero-order valence-corrected chi connectivity index (χ0v) is 11.3. The molecule has 2 nitrogen and oxygen atoms in total. The van der Waals surface area contributed by atoms with Crippen molar-refractivity contribution in [3.63, 3.8) is 0 Å². The number of β-amino-alcohol motifs (C(OH)–C–C–N with tert-alkyl or cyclic N) is 1. The molecule has 2 N–H and O–H groups in total. The molecule has 0 heterocycles. The fourth-order valence-corrected chi connectivity index (χ4v) is 1.64. The van der Waals surface area contributed by atoms with Crippen molar-refractivity contribution in [1.29, 1.82) is 0 Å². The van der Waals surface area contributed by atoms with Gasteiger partial charge in [-0.15, -0.1) is 0 Å². The highest BCUT2D eigenvalue weighted by Gasteiger charge is 2.14. The van der Waals surface area contributed by atoms with Crippen molar-refractivity contribution in [3.8, 4) is 0 Å². The van der Waals surface area contributed by atoms with Crippen LogP contribution in [0.2, 0.25) is 0 Å². The lowest BCUT2D eigenvalue weighted by atomic mass is 10.1. The maximum absolute atomic E-state index is 13.0. The van der Waals surface area contributed by atoms with E-state index < -0.39 is 6.10 Å². The molecule has 0 saturated carbocycles. The minimum atomic E-state index is -0.629. The van der Waals surface area contributed by atoms with Gasteiger partial charge in [-0.25, -0.2) is 4.39 Å². The van der Waals surface area contributed by atoms with Crippen LogP contribution in [0.5, 0.6) is 0 Å². The molecular weight excluding hydrogens is 273 g/mol. The SMILES string of the molecule is CC(C)(C)NCC(O)c1ccc(F)c(Br)c1. The molecule has 1 unspecified atom stereocenters. The van der Waals surface area contributed by atoms with Crippen molar-refractivity contribution in [3.05, 3.63) is 34.1 Å². The summed E-state index contributed by atoms with van der Waals surface area (Å²) in [5.74, 6) is -0.320. The Balaban J connectivity index is 2.66. The van der Waals surface area contributed by atoms with Gasteiger partial charge in [-0.05, 0) is 54.4 Å². The molecule has 0 aliphatic rings. The number of rotatable bonds is 3. The van der Waals surface area contributed by atoms with Crippen LogP contribution in [0.25, 0.3) is 0 Å². The third-order valence-corrected chi connectivity index (χ3v) is 2.76. The van der Waals surface area contributed by atoms with E-state index in [2.05, 4.69) is 21.2 Å². The third-order valence-electron chi connectivity index (χ3n) is 2.15. The summed E-state index contributed by atoms with van der Waals surface area (Å²) in [6.07, 6.45) is -0.629. The molecule has 16 heavy (non-hydrogen) atoms. The van der Waals surface area contributed by atoms with Crippen LogP contribution in [0.15, 0.2) is 22.7 Å². The van der Waals surface area contributed by atoms with Crippen molar-refractivity contribution in [1.82, 2.24) is 5.32 Å². The van der Waals surface area contributed by atoms with Crippen LogP contribution < -0.4 is 5.32 Å². The summed E-state index contributed by atoms with van der Waals surface area (Å²) in [5.41, 5.74) is 0.656. The fraction of sp³-hybridized carbons (Fsp3) is 0.500. The van der Waals surface area contributed by atoms with Crippen LogP contribution >= 0.6 is 15.9 Å². The second kappa shape index (κ2) is 5.25. The first-order valence-corrected chi connectivity index (χ1v) is 5.97. The van der Waals surface area contributed by atoms with E-state index in [-0.39, 0.29) is 11.4 Å². The lowest BCUT2D eigenvalue weighted by molar-refractivity contribution is 0.163. The summed E-state index contributed by atoms with van der Waals surface area (Å²) >= 11 is 3.10. The van der Waals surface area contributed by atoms with Crippen LogP contribution in [0, 0.1) is 5.82 Å². The summed E-state index contributed by atoms with van der Waals surface area (Å²) in [6, 6.07) is 4.54. The first-order chi connectivity index (χ1) is 7.29. The molecule has 0 saturated heterocycles. The molecule has 0 spiro atoms. The Hall–Kier alpha value is -0.450. The highest BCUT2D eigenvalue weighted by molar-refractivity contribution is 9.10. The number of aliphatic hydroxyl groups excluding tert-OH is 1. The van der Waals surface area contributed by atoms with Crippen molar-refractivity contribution < 1.29 is 9.50 Å². The van der Waals surface area contributed by atoms with Gasteiger partial charge in [-0.1, -0.05) is 6.07 Å². The predicted molar refractivity (Wildman–Crippen MR) is 66.8 cm³/mol. The standard InChI is InChI=1S/C12H17BrFNO/c1-12(2,3)15-7-11(16)8-4-5-10(14)9(13)6-8/h4-6,11,15-16H,7H2,1-3H3. The fourth-order valence-electron chi connectivity index (χ4n) is 1.24. The highest BCUT2D eigenvalue weighted by Crippen LogP contribution is 2.21. The van der Waals surface area contributed by atoms with Crippen molar-refractivity contribution >= 4 is 15.9 Å². The quantitative estimate of drug-likeness (QED) is 0.897. The Morgan fingerprint density at radius 1 is 1.44 bits per heavy atom. The van der Waals surface area contributed by atoms with Gasteiger partial charge in [-0.3, -0.25) is 0 Å². The zero-order valence-electron chi connectivity index (χ0n) is 9.72. The number of hydrogen-bond acceptors (Lipinski definition) is 2. The molecular formula is C12H17BrFNO. The second-order valence-corrected chi connectivity index (χ2v) is 5.67. The van der Waals surface area contributed by atoms with Crippen molar-refractivity contribution in [2.24, 2.45) is 0 Å². The smallest absolute Gasteiger partial charge is 0.137 e. The van der Waals surface area contributed by atoms with E-state index in [1.807, 2.05) is 20.8 Å². The Morgan fingerprint density at radius 2 is 2.06 bits per heavy atom. The van der Waals surface area contributed by atoms with Crippen molar-refractivity contribution in [2.75, 3.05) is 6.54 Å². The summed E-state index contributed by atoms with van der Waals surface area (Å²) in [5, 5.41) is 13.1. The van der Waals surface area contributed by atoms with Crippen LogP contribution in [-0.2, 0) is 0 Å². The zero-order chi connectivity index (χ0) is 12.3. The lowest BCUT2D eigenvalue weighted by Crippen LogP contribution is -2.38. The normalized spacial score (nSPS) is 13.9. The van der Waals surface area contributed by atoms with E-state index in [0.717, 1.165) is 0 Å². The van der Waals surface area contributed by atoms with Gasteiger partial charge in [0.15, 0.2) is 0 Å². The number of benzene rings is 1. The topological polar surface area (TPSA) is 32.3 Å². The van der Waals surface area contributed by atoms with E-state index in [0.29, 0.717) is 16.6 Å². The third kappa shape index (κ3) is 4.20. The van der Waals surface area contributed by atoms with E-state index in [1.165, 1.54) is 6.07 Å². The molecule has 1 atom stereocenters. The number of halogens is 2. The van der Waals surface area contributed by atoms with Gasteiger partial charge in [0.2, 0.25) is 0 Å². The summed E-state index contributed by atoms with van der Waals surface area (Å²) < 4.78 is 13.4. The average Bonchev–Trinajstić information content (AvgIpc) is 2.17. The minimum Gasteiger partial charge on any atom is -0.387 e. The number of nitrogens with one attached hydrogen (secondary N) is 1. The molecule has 0 aliphatic carbocycles. The van der Waals surface area contributed by atoms with Crippen LogP contribution in [0.4, 0.5) is 4.39 Å². The van der Waals surface area contributed by atoms with Gasteiger partial charge >= 0.3 is 0 Å². The molecule has 90 valence electrons. The summed E-state index contributed by atoms with van der Waals surface area (Å²) in [4.78, 5) is 0. The summed E-state index contributed by atoms with van der Waals surface area (Å²) in [7, 11) is 0. The van der Waals surface area contributed by atoms with E-state index in [1.54, 1.807) is 12.1 Å². The van der Waals surface area contributed by atoms with Gasteiger partial charge in [-0.2, -0.15) is 0 Å². The molecule has 0 aromatic heterocycles. The lowest BCUT2D eigenvalue weighted by Gasteiger charge is -2.23. The first-order valence-electron chi connectivity index (χ1n) is 5.17. The van der Waals surface area contributed by atoms with Crippen LogP contribution in [0.1, 0.15) is 32.4 Å².